The highest BCUT2D eigenvalue weighted by molar-refractivity contribution is 6.06. The van der Waals surface area contributed by atoms with Crippen LogP contribution in [0.2, 0.25) is 0 Å². The largest absolute Gasteiger partial charge is 0.493 e. The van der Waals surface area contributed by atoms with Crippen LogP contribution in [0.5, 0.6) is 17.2 Å². The maximum atomic E-state index is 6.07. The molecule has 2 unspecified atom stereocenters. The van der Waals surface area contributed by atoms with E-state index in [9.17, 15) is 0 Å². The number of pyridine rings is 1. The smallest absolute Gasteiger partial charge is 0.164 e. The molecule has 34 heavy (non-hydrogen) atoms. The highest BCUT2D eigenvalue weighted by Gasteiger charge is 2.41. The first-order valence-electron chi connectivity index (χ1n) is 11.8. The highest BCUT2D eigenvalue weighted by atomic mass is 16.6. The number of hydrogen-bond donors (Lipinski definition) is 0. The van der Waals surface area contributed by atoms with Crippen molar-refractivity contribution < 1.29 is 19.0 Å². The molecule has 1 aromatic carbocycles. The summed E-state index contributed by atoms with van der Waals surface area (Å²) in [6.45, 7) is 8.66. The standard InChI is InChI=1S/C26H32N4O4/c1-18(12-19-6-4-5-7-27-19)15-29-8-10-30(11-9-29)16-25-21-17-33-22-14-24(32-3)23(31-2)13-20(22)26(21)28-34-25/h4-7,12-14,21,25H,8-11,15-17H2,1-3H3/b18-12+. The number of oxime groups is 1. The topological polar surface area (TPSA) is 68.7 Å². The lowest BCUT2D eigenvalue weighted by atomic mass is 9.90. The Kier molecular flexibility index (Phi) is 6.69. The molecule has 3 aliphatic rings. The predicted octanol–water partition coefficient (Wildman–Crippen LogP) is 2.93. The monoisotopic (exact) mass is 464 g/mol. The summed E-state index contributed by atoms with van der Waals surface area (Å²) in [5.74, 6) is 2.20. The van der Waals surface area contributed by atoms with E-state index in [1.807, 2.05) is 36.5 Å². The molecule has 8 nitrogen and oxygen atoms in total. The predicted molar refractivity (Wildman–Crippen MR) is 131 cm³/mol. The average Bonchev–Trinajstić information content (AvgIpc) is 3.28. The molecule has 0 N–H and O–H groups in total. The molecular formula is C26H32N4O4. The van der Waals surface area contributed by atoms with E-state index in [0.717, 1.165) is 62.0 Å². The van der Waals surface area contributed by atoms with Gasteiger partial charge in [0.1, 0.15) is 18.1 Å². The van der Waals surface area contributed by atoms with Gasteiger partial charge in [0, 0.05) is 57.1 Å². The summed E-state index contributed by atoms with van der Waals surface area (Å²) >= 11 is 0. The van der Waals surface area contributed by atoms with Crippen LogP contribution < -0.4 is 14.2 Å². The van der Waals surface area contributed by atoms with Crippen LogP contribution in [-0.2, 0) is 4.84 Å². The lowest BCUT2D eigenvalue weighted by molar-refractivity contribution is 0.0101. The third kappa shape index (κ3) is 4.74. The van der Waals surface area contributed by atoms with Crippen molar-refractivity contribution in [1.29, 1.82) is 0 Å². The Balaban J connectivity index is 1.15. The molecule has 2 aromatic rings. The molecule has 1 aromatic heterocycles. The summed E-state index contributed by atoms with van der Waals surface area (Å²) < 4.78 is 17.0. The van der Waals surface area contributed by atoms with Crippen LogP contribution in [0.1, 0.15) is 18.2 Å². The molecule has 0 saturated carbocycles. The van der Waals surface area contributed by atoms with Gasteiger partial charge < -0.3 is 19.0 Å². The number of benzene rings is 1. The zero-order chi connectivity index (χ0) is 23.5. The summed E-state index contributed by atoms with van der Waals surface area (Å²) in [5, 5.41) is 4.46. The number of piperazine rings is 1. The molecule has 1 saturated heterocycles. The van der Waals surface area contributed by atoms with Gasteiger partial charge in [-0.15, -0.1) is 0 Å². The van der Waals surface area contributed by atoms with Crippen LogP contribution in [0.4, 0.5) is 0 Å². The second kappa shape index (κ2) is 10.0. The Hall–Kier alpha value is -3.10. The third-order valence-electron chi connectivity index (χ3n) is 6.72. The summed E-state index contributed by atoms with van der Waals surface area (Å²) in [4.78, 5) is 15.3. The van der Waals surface area contributed by atoms with E-state index in [-0.39, 0.29) is 12.0 Å². The first-order chi connectivity index (χ1) is 16.6. The van der Waals surface area contributed by atoms with Gasteiger partial charge in [-0.25, -0.2) is 0 Å². The molecule has 0 bridgehead atoms. The Morgan fingerprint density at radius 1 is 1.09 bits per heavy atom. The first kappa shape index (κ1) is 22.7. The van der Waals surface area contributed by atoms with E-state index in [1.165, 1.54) is 5.57 Å². The Morgan fingerprint density at radius 2 is 1.85 bits per heavy atom. The normalized spacial score (nSPS) is 22.8. The molecular weight excluding hydrogens is 432 g/mol. The van der Waals surface area contributed by atoms with Gasteiger partial charge in [-0.05, 0) is 31.2 Å². The van der Waals surface area contributed by atoms with Gasteiger partial charge in [-0.2, -0.15) is 0 Å². The zero-order valence-corrected chi connectivity index (χ0v) is 20.1. The van der Waals surface area contributed by atoms with Crippen molar-refractivity contribution in [3.8, 4) is 17.2 Å². The van der Waals surface area contributed by atoms with Gasteiger partial charge in [-0.1, -0.05) is 16.8 Å². The molecule has 3 aliphatic heterocycles. The van der Waals surface area contributed by atoms with Crippen LogP contribution in [0.3, 0.4) is 0 Å². The summed E-state index contributed by atoms with van der Waals surface area (Å²) in [5.41, 5.74) is 4.21. The molecule has 5 rings (SSSR count). The van der Waals surface area contributed by atoms with Gasteiger partial charge >= 0.3 is 0 Å². The van der Waals surface area contributed by atoms with Crippen molar-refractivity contribution in [2.45, 2.75) is 13.0 Å². The van der Waals surface area contributed by atoms with E-state index in [0.29, 0.717) is 18.1 Å². The van der Waals surface area contributed by atoms with Crippen molar-refractivity contribution >= 4 is 11.8 Å². The number of nitrogens with zero attached hydrogens (tertiary/aromatic N) is 4. The van der Waals surface area contributed by atoms with Crippen LogP contribution in [0.25, 0.3) is 6.08 Å². The molecule has 4 heterocycles. The van der Waals surface area contributed by atoms with Crippen LogP contribution in [0, 0.1) is 5.92 Å². The van der Waals surface area contributed by atoms with Gasteiger partial charge in [0.25, 0.3) is 0 Å². The minimum absolute atomic E-state index is 0.00594. The molecule has 1 fully saturated rings. The Bertz CT molecular complexity index is 1060. The van der Waals surface area contributed by atoms with E-state index >= 15 is 0 Å². The van der Waals surface area contributed by atoms with Crippen molar-refractivity contribution in [1.82, 2.24) is 14.8 Å². The second-order valence-electron chi connectivity index (χ2n) is 9.06. The molecule has 0 amide bonds. The lowest BCUT2D eigenvalue weighted by Crippen LogP contribution is -2.50. The Morgan fingerprint density at radius 3 is 2.59 bits per heavy atom. The lowest BCUT2D eigenvalue weighted by Gasteiger charge is -2.36. The van der Waals surface area contributed by atoms with E-state index in [1.54, 1.807) is 14.2 Å². The molecule has 180 valence electrons. The summed E-state index contributed by atoms with van der Waals surface area (Å²) in [6, 6.07) is 9.81. The minimum Gasteiger partial charge on any atom is -0.493 e. The molecule has 0 spiro atoms. The summed E-state index contributed by atoms with van der Waals surface area (Å²) in [7, 11) is 3.26. The first-order valence-corrected chi connectivity index (χ1v) is 11.8. The SMILES string of the molecule is COc1cc2c(cc1OC)C1=NOC(CN3CCN(C/C(C)=C/c4ccccn4)CC3)C1CO2. The maximum absolute atomic E-state index is 6.07. The molecule has 0 radical (unpaired) electrons. The minimum atomic E-state index is -0.00594. The number of hydrogen-bond acceptors (Lipinski definition) is 8. The molecule has 2 atom stereocenters. The second-order valence-corrected chi connectivity index (χ2v) is 9.06. The zero-order valence-electron chi connectivity index (χ0n) is 20.1. The van der Waals surface area contributed by atoms with E-state index in [4.69, 9.17) is 19.0 Å². The highest BCUT2D eigenvalue weighted by Crippen LogP contribution is 2.40. The van der Waals surface area contributed by atoms with Crippen LogP contribution in [0.15, 0.2) is 47.3 Å². The van der Waals surface area contributed by atoms with Crippen molar-refractivity contribution in [3.05, 3.63) is 53.4 Å². The quantitative estimate of drug-likeness (QED) is 0.624. The summed E-state index contributed by atoms with van der Waals surface area (Å²) in [6.07, 6.45) is 4.00. The van der Waals surface area contributed by atoms with Gasteiger partial charge in [0.15, 0.2) is 17.6 Å². The van der Waals surface area contributed by atoms with Gasteiger partial charge in [-0.3, -0.25) is 14.8 Å². The van der Waals surface area contributed by atoms with Crippen LogP contribution in [-0.4, -0.2) is 86.7 Å². The van der Waals surface area contributed by atoms with E-state index < -0.39 is 0 Å². The fourth-order valence-corrected chi connectivity index (χ4v) is 4.89. The number of ether oxygens (including phenoxy) is 3. The van der Waals surface area contributed by atoms with Crippen molar-refractivity contribution in [2.75, 3.05) is 60.1 Å². The number of aromatic nitrogens is 1. The fraction of sp³-hybridized carbons (Fsp3) is 0.462. The van der Waals surface area contributed by atoms with Crippen molar-refractivity contribution in [2.24, 2.45) is 11.1 Å². The van der Waals surface area contributed by atoms with Gasteiger partial charge in [0.05, 0.1) is 25.8 Å². The average molecular weight is 465 g/mol. The van der Waals surface area contributed by atoms with Crippen molar-refractivity contribution in [3.63, 3.8) is 0 Å². The molecule has 0 aliphatic carbocycles. The Labute approximate surface area is 200 Å². The van der Waals surface area contributed by atoms with Crippen LogP contribution >= 0.6 is 0 Å². The van der Waals surface area contributed by atoms with Gasteiger partial charge in [0.2, 0.25) is 0 Å². The number of rotatable bonds is 7. The maximum Gasteiger partial charge on any atom is 0.164 e. The number of methoxy groups -OCH3 is 2. The fourth-order valence-electron chi connectivity index (χ4n) is 4.89. The van der Waals surface area contributed by atoms with E-state index in [2.05, 4.69) is 32.9 Å². The molecule has 8 heteroatoms. The third-order valence-corrected chi connectivity index (χ3v) is 6.72. The number of fused-ring (bicyclic) bond motifs is 3.